The minimum Gasteiger partial charge on any atom is -0.319 e. The Morgan fingerprint density at radius 2 is 1.71 bits per heavy atom. The van der Waals surface area contributed by atoms with Crippen LogP contribution in [0.3, 0.4) is 0 Å². The van der Waals surface area contributed by atoms with Gasteiger partial charge in [-0.1, -0.05) is 30.3 Å². The van der Waals surface area contributed by atoms with Crippen molar-refractivity contribution >= 4 is 11.6 Å². The Balaban J connectivity index is 1.71. The van der Waals surface area contributed by atoms with E-state index in [1.165, 1.54) is 16.8 Å². The molecule has 0 fully saturated rings. The fraction of sp³-hybridized carbons (Fsp3) is 0.136. The molecule has 158 valence electrons. The van der Waals surface area contributed by atoms with Gasteiger partial charge in [-0.3, -0.25) is 14.2 Å². The van der Waals surface area contributed by atoms with Crippen molar-refractivity contribution in [2.24, 2.45) is 14.1 Å². The molecule has 9 heteroatoms. The number of hydrogen-bond acceptors (Lipinski definition) is 3. The van der Waals surface area contributed by atoms with E-state index in [-0.39, 0.29) is 16.8 Å². The van der Waals surface area contributed by atoms with Crippen LogP contribution in [0.5, 0.6) is 0 Å². The molecule has 2 aromatic heterocycles. The maximum Gasteiger partial charge on any atom is 0.417 e. The molecular weight excluding hydrogens is 407 g/mol. The number of benzene rings is 2. The largest absolute Gasteiger partial charge is 0.417 e. The van der Waals surface area contributed by atoms with E-state index >= 15 is 0 Å². The van der Waals surface area contributed by atoms with Crippen LogP contribution in [0.4, 0.5) is 18.9 Å². The number of hydrogen-bond donors (Lipinski definition) is 1. The van der Waals surface area contributed by atoms with Gasteiger partial charge >= 0.3 is 6.18 Å². The lowest BCUT2D eigenvalue weighted by Crippen LogP contribution is -2.14. The van der Waals surface area contributed by atoms with Gasteiger partial charge < -0.3 is 5.32 Å². The fourth-order valence-electron chi connectivity index (χ4n) is 3.29. The summed E-state index contributed by atoms with van der Waals surface area (Å²) in [5.74, 6) is -0.545. The lowest BCUT2D eigenvalue weighted by molar-refractivity contribution is -0.137. The Morgan fingerprint density at radius 3 is 2.35 bits per heavy atom. The third-order valence-electron chi connectivity index (χ3n) is 4.70. The Labute approximate surface area is 175 Å². The highest BCUT2D eigenvalue weighted by atomic mass is 19.4. The average Bonchev–Trinajstić information content (AvgIpc) is 3.33. The van der Waals surface area contributed by atoms with Crippen molar-refractivity contribution < 1.29 is 18.0 Å². The highest BCUT2D eigenvalue weighted by molar-refractivity contribution is 6.06. The van der Waals surface area contributed by atoms with Crippen LogP contribution in [0, 0.1) is 0 Å². The van der Waals surface area contributed by atoms with E-state index in [0.717, 1.165) is 17.7 Å². The van der Waals surface area contributed by atoms with Gasteiger partial charge in [-0.05, 0) is 24.3 Å². The molecule has 0 saturated heterocycles. The number of aromatic nitrogens is 4. The number of carbonyl (C=O) groups is 1. The lowest BCUT2D eigenvalue weighted by atomic mass is 10.0. The van der Waals surface area contributed by atoms with Crippen LogP contribution in [0.2, 0.25) is 0 Å². The summed E-state index contributed by atoms with van der Waals surface area (Å²) in [5, 5.41) is 11.2. The SMILES string of the molecule is Cn1ccc(-c2cc(C(=O)Nc3cn(C)nc3-c3ccccc3)ccc2C(F)(F)F)n1. The topological polar surface area (TPSA) is 64.7 Å². The van der Waals surface area contributed by atoms with Gasteiger partial charge in [0.25, 0.3) is 5.91 Å². The van der Waals surface area contributed by atoms with E-state index in [2.05, 4.69) is 15.5 Å². The molecule has 0 atom stereocenters. The normalized spacial score (nSPS) is 11.5. The molecule has 0 aliphatic carbocycles. The second-order valence-corrected chi connectivity index (χ2v) is 7.02. The second kappa shape index (κ2) is 7.75. The molecule has 4 aromatic rings. The van der Waals surface area contributed by atoms with Crippen molar-refractivity contribution in [1.82, 2.24) is 19.6 Å². The van der Waals surface area contributed by atoms with Gasteiger partial charge in [-0.2, -0.15) is 23.4 Å². The Morgan fingerprint density at radius 1 is 0.968 bits per heavy atom. The zero-order chi connectivity index (χ0) is 22.2. The molecule has 6 nitrogen and oxygen atoms in total. The number of aryl methyl sites for hydroxylation is 2. The predicted molar refractivity (Wildman–Crippen MR) is 110 cm³/mol. The van der Waals surface area contributed by atoms with E-state index in [9.17, 15) is 18.0 Å². The number of anilines is 1. The molecule has 0 spiro atoms. The molecule has 0 aliphatic rings. The van der Waals surface area contributed by atoms with Crippen LogP contribution in [0.1, 0.15) is 15.9 Å². The average molecular weight is 425 g/mol. The molecule has 0 bridgehead atoms. The molecular formula is C22H18F3N5O. The van der Waals surface area contributed by atoms with Crippen molar-refractivity contribution in [3.63, 3.8) is 0 Å². The van der Waals surface area contributed by atoms with E-state index in [1.54, 1.807) is 31.2 Å². The first-order chi connectivity index (χ1) is 14.7. The predicted octanol–water partition coefficient (Wildman–Crippen LogP) is 4.76. The van der Waals surface area contributed by atoms with E-state index in [4.69, 9.17) is 0 Å². The zero-order valence-electron chi connectivity index (χ0n) is 16.7. The summed E-state index contributed by atoms with van der Waals surface area (Å²) in [6, 6.07) is 14.0. The number of halogens is 3. The summed E-state index contributed by atoms with van der Waals surface area (Å²) in [5.41, 5.74) is 1.03. The van der Waals surface area contributed by atoms with Gasteiger partial charge in [0.1, 0.15) is 5.69 Å². The quantitative estimate of drug-likeness (QED) is 0.513. The van der Waals surface area contributed by atoms with Crippen molar-refractivity contribution in [3.8, 4) is 22.5 Å². The van der Waals surface area contributed by atoms with E-state index < -0.39 is 17.6 Å². The molecule has 1 N–H and O–H groups in total. The highest BCUT2D eigenvalue weighted by Crippen LogP contribution is 2.37. The standard InChI is InChI=1S/C22H18F3N5O/c1-29-11-10-18(27-29)16-12-15(8-9-17(16)22(23,24)25)21(31)26-19-13-30(2)28-20(19)14-6-4-3-5-7-14/h3-13H,1-2H3,(H,26,31). The van der Waals surface area contributed by atoms with Gasteiger partial charge in [0.05, 0.1) is 16.9 Å². The third-order valence-corrected chi connectivity index (χ3v) is 4.70. The first-order valence-corrected chi connectivity index (χ1v) is 9.34. The van der Waals surface area contributed by atoms with Crippen molar-refractivity contribution in [2.75, 3.05) is 5.32 Å². The summed E-state index contributed by atoms with van der Waals surface area (Å²) in [4.78, 5) is 12.9. The number of amides is 1. The first-order valence-electron chi connectivity index (χ1n) is 9.34. The summed E-state index contributed by atoms with van der Waals surface area (Å²) >= 11 is 0. The van der Waals surface area contributed by atoms with Crippen molar-refractivity contribution in [1.29, 1.82) is 0 Å². The lowest BCUT2D eigenvalue weighted by Gasteiger charge is -2.13. The fourth-order valence-corrected chi connectivity index (χ4v) is 3.29. The maximum absolute atomic E-state index is 13.5. The number of nitrogens with one attached hydrogen (secondary N) is 1. The molecule has 0 saturated carbocycles. The first kappa shape index (κ1) is 20.4. The van der Waals surface area contributed by atoms with Gasteiger partial charge in [0.2, 0.25) is 0 Å². The molecule has 1 amide bonds. The summed E-state index contributed by atoms with van der Waals surface area (Å²) in [6.07, 6.45) is -1.39. The van der Waals surface area contributed by atoms with Gasteiger partial charge in [0, 0.05) is 43.2 Å². The molecule has 2 aromatic carbocycles. The highest BCUT2D eigenvalue weighted by Gasteiger charge is 2.34. The van der Waals surface area contributed by atoms with E-state index in [1.807, 2.05) is 30.3 Å². The molecule has 2 heterocycles. The molecule has 31 heavy (non-hydrogen) atoms. The van der Waals surface area contributed by atoms with Crippen molar-refractivity contribution in [2.45, 2.75) is 6.18 Å². The van der Waals surface area contributed by atoms with Crippen LogP contribution in [-0.4, -0.2) is 25.5 Å². The smallest absolute Gasteiger partial charge is 0.319 e. The monoisotopic (exact) mass is 425 g/mol. The maximum atomic E-state index is 13.5. The summed E-state index contributed by atoms with van der Waals surface area (Å²) in [7, 11) is 3.33. The third kappa shape index (κ3) is 4.20. The zero-order valence-corrected chi connectivity index (χ0v) is 16.7. The number of nitrogens with zero attached hydrogens (tertiary/aromatic N) is 4. The minimum atomic E-state index is -4.58. The number of carbonyl (C=O) groups excluding carboxylic acids is 1. The Bertz CT molecular complexity index is 1240. The summed E-state index contributed by atoms with van der Waals surface area (Å²) < 4.78 is 43.5. The van der Waals surface area contributed by atoms with Crippen LogP contribution in [0.25, 0.3) is 22.5 Å². The molecule has 4 rings (SSSR count). The summed E-state index contributed by atoms with van der Waals surface area (Å²) in [6.45, 7) is 0. The Hall–Kier alpha value is -3.88. The molecule has 0 aliphatic heterocycles. The van der Waals surface area contributed by atoms with Crippen molar-refractivity contribution in [3.05, 3.63) is 78.1 Å². The molecule has 0 unspecified atom stereocenters. The minimum absolute atomic E-state index is 0.0801. The van der Waals surface area contributed by atoms with Crippen LogP contribution >= 0.6 is 0 Å². The second-order valence-electron chi connectivity index (χ2n) is 7.02. The van der Waals surface area contributed by atoms with Crippen LogP contribution in [0.15, 0.2) is 67.0 Å². The van der Waals surface area contributed by atoms with Gasteiger partial charge in [-0.25, -0.2) is 0 Å². The van der Waals surface area contributed by atoms with Crippen LogP contribution in [-0.2, 0) is 20.3 Å². The van der Waals surface area contributed by atoms with E-state index in [0.29, 0.717) is 11.4 Å². The number of rotatable bonds is 4. The number of alkyl halides is 3. The Kier molecular flexibility index (Phi) is 5.10. The molecule has 0 radical (unpaired) electrons. The van der Waals surface area contributed by atoms with Gasteiger partial charge in [-0.15, -0.1) is 0 Å². The van der Waals surface area contributed by atoms with Gasteiger partial charge in [0.15, 0.2) is 0 Å². The van der Waals surface area contributed by atoms with Crippen LogP contribution < -0.4 is 5.32 Å².